The summed E-state index contributed by atoms with van der Waals surface area (Å²) in [4.78, 5) is 6.17. The Bertz CT molecular complexity index is 282. The molecule has 0 spiro atoms. The number of nitrogens with zero attached hydrogens (tertiary/aromatic N) is 2. The van der Waals surface area contributed by atoms with Gasteiger partial charge < -0.3 is 0 Å². The van der Waals surface area contributed by atoms with E-state index in [2.05, 4.69) is 25.8 Å². The summed E-state index contributed by atoms with van der Waals surface area (Å²) in [5.41, 5.74) is 1.13. The Hall–Kier alpha value is -0.480. The average Bonchev–Trinajstić information content (AvgIpc) is 2.06. The lowest BCUT2D eigenvalue weighted by molar-refractivity contribution is 0.0590. The van der Waals surface area contributed by atoms with Crippen LogP contribution in [0.15, 0.2) is 22.9 Å². The molecule has 70 valence electrons. The smallest absolute Gasteiger partial charge is 0.125 e. The van der Waals surface area contributed by atoms with Crippen LogP contribution in [-0.2, 0) is 6.54 Å². The summed E-state index contributed by atoms with van der Waals surface area (Å²) in [6.45, 7) is 1.94. The van der Waals surface area contributed by atoms with Crippen LogP contribution in [0.4, 0.5) is 4.39 Å². The minimum atomic E-state index is -0.622. The third-order valence-electron chi connectivity index (χ3n) is 2.11. The Morgan fingerprint density at radius 3 is 2.85 bits per heavy atom. The van der Waals surface area contributed by atoms with E-state index in [1.165, 1.54) is 0 Å². The molecule has 1 aromatic rings. The van der Waals surface area contributed by atoms with E-state index in [1.807, 2.05) is 18.3 Å². The first-order valence-corrected chi connectivity index (χ1v) is 5.00. The summed E-state index contributed by atoms with van der Waals surface area (Å²) in [7, 11) is 0. The van der Waals surface area contributed by atoms with Crippen molar-refractivity contribution in [3.8, 4) is 0 Å². The molecule has 2 rings (SSSR count). The number of pyridine rings is 1. The van der Waals surface area contributed by atoms with Crippen molar-refractivity contribution in [1.29, 1.82) is 0 Å². The lowest BCUT2D eigenvalue weighted by Crippen LogP contribution is -2.47. The normalized spacial score (nSPS) is 18.6. The molecule has 1 aliphatic heterocycles. The summed E-state index contributed by atoms with van der Waals surface area (Å²) in [5, 5.41) is 0. The molecule has 1 aromatic heterocycles. The molecule has 0 N–H and O–H groups in total. The maximum atomic E-state index is 12.5. The third-order valence-corrected chi connectivity index (χ3v) is 2.58. The first-order valence-electron chi connectivity index (χ1n) is 4.21. The lowest BCUT2D eigenvalue weighted by Gasteiger charge is -2.34. The molecule has 0 unspecified atom stereocenters. The molecular weight excluding hydrogens is 235 g/mol. The molecule has 0 bridgehead atoms. The van der Waals surface area contributed by atoms with E-state index in [0.29, 0.717) is 13.1 Å². The van der Waals surface area contributed by atoms with Gasteiger partial charge in [-0.1, -0.05) is 6.07 Å². The van der Waals surface area contributed by atoms with E-state index in [0.717, 1.165) is 16.7 Å². The Morgan fingerprint density at radius 1 is 1.54 bits per heavy atom. The third kappa shape index (κ3) is 2.25. The van der Waals surface area contributed by atoms with Gasteiger partial charge in [-0.15, -0.1) is 0 Å². The second-order valence-electron chi connectivity index (χ2n) is 3.28. The van der Waals surface area contributed by atoms with Crippen molar-refractivity contribution in [2.45, 2.75) is 12.7 Å². The molecular formula is C9H10BrFN2. The highest BCUT2D eigenvalue weighted by atomic mass is 79.9. The number of likely N-dealkylation sites (tertiary alicyclic amines) is 1. The SMILES string of the molecule is FC1CN(Cc2ccc(Br)nc2)C1. The first-order chi connectivity index (χ1) is 6.24. The molecule has 0 amide bonds. The molecule has 1 aliphatic rings. The summed E-state index contributed by atoms with van der Waals surface area (Å²) < 4.78 is 13.3. The van der Waals surface area contributed by atoms with Crippen molar-refractivity contribution in [2.75, 3.05) is 13.1 Å². The van der Waals surface area contributed by atoms with Crippen molar-refractivity contribution in [2.24, 2.45) is 0 Å². The summed E-state index contributed by atoms with van der Waals surface area (Å²) in [5.74, 6) is 0. The van der Waals surface area contributed by atoms with Crippen LogP contribution in [0.2, 0.25) is 0 Å². The Labute approximate surface area is 84.9 Å². The number of aromatic nitrogens is 1. The van der Waals surface area contributed by atoms with Crippen LogP contribution in [-0.4, -0.2) is 29.1 Å². The van der Waals surface area contributed by atoms with E-state index in [-0.39, 0.29) is 0 Å². The summed E-state index contributed by atoms with van der Waals surface area (Å²) in [6.07, 6.45) is 1.19. The van der Waals surface area contributed by atoms with E-state index in [9.17, 15) is 4.39 Å². The number of hydrogen-bond acceptors (Lipinski definition) is 2. The van der Waals surface area contributed by atoms with E-state index in [4.69, 9.17) is 0 Å². The maximum Gasteiger partial charge on any atom is 0.125 e. The standard InChI is InChI=1S/C9H10BrFN2/c10-9-2-1-7(3-12-9)4-13-5-8(11)6-13/h1-3,8H,4-6H2. The fraction of sp³-hybridized carbons (Fsp3) is 0.444. The van der Waals surface area contributed by atoms with Crippen LogP contribution in [0.5, 0.6) is 0 Å². The average molecular weight is 245 g/mol. The molecule has 13 heavy (non-hydrogen) atoms. The predicted molar refractivity (Wildman–Crippen MR) is 52.1 cm³/mol. The highest BCUT2D eigenvalue weighted by Gasteiger charge is 2.25. The molecule has 4 heteroatoms. The second-order valence-corrected chi connectivity index (χ2v) is 4.09. The number of rotatable bonds is 2. The van der Waals surface area contributed by atoms with Crippen molar-refractivity contribution < 1.29 is 4.39 Å². The second kappa shape index (κ2) is 3.72. The predicted octanol–water partition coefficient (Wildman–Crippen LogP) is 2.00. The first kappa shape index (κ1) is 9.09. The van der Waals surface area contributed by atoms with Crippen LogP contribution >= 0.6 is 15.9 Å². The van der Waals surface area contributed by atoms with Gasteiger partial charge in [0.15, 0.2) is 0 Å². The van der Waals surface area contributed by atoms with Gasteiger partial charge in [-0.2, -0.15) is 0 Å². The van der Waals surface area contributed by atoms with Gasteiger partial charge in [0.1, 0.15) is 10.8 Å². The van der Waals surface area contributed by atoms with Gasteiger partial charge in [0.2, 0.25) is 0 Å². The van der Waals surface area contributed by atoms with Gasteiger partial charge in [0.05, 0.1) is 0 Å². The molecule has 0 radical (unpaired) electrons. The fourth-order valence-electron chi connectivity index (χ4n) is 1.39. The van der Waals surface area contributed by atoms with Crippen LogP contribution in [0.1, 0.15) is 5.56 Å². The number of hydrogen-bond donors (Lipinski definition) is 0. The van der Waals surface area contributed by atoms with Crippen LogP contribution < -0.4 is 0 Å². The zero-order chi connectivity index (χ0) is 9.26. The Balaban J connectivity index is 1.91. The van der Waals surface area contributed by atoms with Gasteiger partial charge >= 0.3 is 0 Å². The Kier molecular flexibility index (Phi) is 2.60. The fourth-order valence-corrected chi connectivity index (χ4v) is 1.63. The summed E-state index contributed by atoms with van der Waals surface area (Å²) >= 11 is 3.27. The minimum Gasteiger partial charge on any atom is -0.293 e. The van der Waals surface area contributed by atoms with Gasteiger partial charge in [-0.05, 0) is 27.6 Å². The molecule has 0 saturated carbocycles. The lowest BCUT2D eigenvalue weighted by atomic mass is 10.1. The van der Waals surface area contributed by atoms with Crippen LogP contribution in [0.25, 0.3) is 0 Å². The molecule has 0 aromatic carbocycles. The summed E-state index contributed by atoms with van der Waals surface area (Å²) in [6, 6.07) is 3.91. The zero-order valence-electron chi connectivity index (χ0n) is 7.08. The minimum absolute atomic E-state index is 0.566. The maximum absolute atomic E-state index is 12.5. The quantitative estimate of drug-likeness (QED) is 0.741. The van der Waals surface area contributed by atoms with Crippen molar-refractivity contribution in [3.63, 3.8) is 0 Å². The topological polar surface area (TPSA) is 16.1 Å². The van der Waals surface area contributed by atoms with E-state index in [1.54, 1.807) is 0 Å². The monoisotopic (exact) mass is 244 g/mol. The van der Waals surface area contributed by atoms with Gasteiger partial charge in [0.25, 0.3) is 0 Å². The molecule has 1 fully saturated rings. The highest BCUT2D eigenvalue weighted by Crippen LogP contribution is 2.15. The van der Waals surface area contributed by atoms with Gasteiger partial charge in [-0.3, -0.25) is 4.90 Å². The largest absolute Gasteiger partial charge is 0.293 e. The molecule has 0 aliphatic carbocycles. The van der Waals surface area contributed by atoms with Gasteiger partial charge in [0, 0.05) is 25.8 Å². The zero-order valence-corrected chi connectivity index (χ0v) is 8.67. The molecule has 0 atom stereocenters. The molecule has 2 nitrogen and oxygen atoms in total. The van der Waals surface area contributed by atoms with Gasteiger partial charge in [-0.25, -0.2) is 9.37 Å². The van der Waals surface area contributed by atoms with Crippen LogP contribution in [0.3, 0.4) is 0 Å². The van der Waals surface area contributed by atoms with Crippen LogP contribution in [0, 0.1) is 0 Å². The Morgan fingerprint density at radius 2 is 2.31 bits per heavy atom. The van der Waals surface area contributed by atoms with Crippen molar-refractivity contribution in [3.05, 3.63) is 28.5 Å². The van der Waals surface area contributed by atoms with E-state index < -0.39 is 6.17 Å². The molecule has 1 saturated heterocycles. The number of alkyl halides is 1. The van der Waals surface area contributed by atoms with Crippen molar-refractivity contribution in [1.82, 2.24) is 9.88 Å². The van der Waals surface area contributed by atoms with E-state index >= 15 is 0 Å². The van der Waals surface area contributed by atoms with Crippen molar-refractivity contribution >= 4 is 15.9 Å². The highest BCUT2D eigenvalue weighted by molar-refractivity contribution is 9.10. The number of halogens is 2. The molecule has 2 heterocycles.